The zero-order chi connectivity index (χ0) is 18.7. The maximum atomic E-state index is 12.0. The van der Waals surface area contributed by atoms with Crippen LogP contribution in [0.2, 0.25) is 0 Å². The SMILES string of the molecule is CC(=O)c1nn(CC(=O)O)c2ccc(NC(=O)NCc3ccon3)cc12. The molecule has 0 radical (unpaired) electrons. The molecule has 1 aromatic carbocycles. The van der Waals surface area contributed by atoms with Gasteiger partial charge in [-0.1, -0.05) is 5.16 Å². The van der Waals surface area contributed by atoms with Crippen molar-refractivity contribution in [2.24, 2.45) is 0 Å². The maximum absolute atomic E-state index is 12.0. The number of hydrogen-bond acceptors (Lipinski definition) is 6. The Morgan fingerprint density at radius 2 is 2.08 bits per heavy atom. The van der Waals surface area contributed by atoms with E-state index >= 15 is 0 Å². The van der Waals surface area contributed by atoms with Gasteiger partial charge in [0.05, 0.1) is 12.1 Å². The van der Waals surface area contributed by atoms with Gasteiger partial charge < -0.3 is 20.3 Å². The smallest absolute Gasteiger partial charge is 0.325 e. The van der Waals surface area contributed by atoms with Crippen molar-refractivity contribution in [3.63, 3.8) is 0 Å². The van der Waals surface area contributed by atoms with Crippen LogP contribution in [-0.4, -0.2) is 37.8 Å². The van der Waals surface area contributed by atoms with E-state index in [1.807, 2.05) is 0 Å². The number of benzene rings is 1. The summed E-state index contributed by atoms with van der Waals surface area (Å²) in [6.07, 6.45) is 1.40. The summed E-state index contributed by atoms with van der Waals surface area (Å²) in [6, 6.07) is 5.94. The Balaban J connectivity index is 1.81. The van der Waals surface area contributed by atoms with Gasteiger partial charge in [-0.05, 0) is 18.2 Å². The van der Waals surface area contributed by atoms with Gasteiger partial charge in [-0.2, -0.15) is 5.10 Å². The third-order valence-corrected chi connectivity index (χ3v) is 3.55. The molecule has 0 aliphatic heterocycles. The molecule has 10 nitrogen and oxygen atoms in total. The Bertz CT molecular complexity index is 977. The zero-order valence-corrected chi connectivity index (χ0v) is 13.7. The Kier molecular flexibility index (Phi) is 4.65. The van der Waals surface area contributed by atoms with E-state index in [1.165, 1.54) is 17.9 Å². The Labute approximate surface area is 146 Å². The number of carbonyl (C=O) groups is 3. The van der Waals surface area contributed by atoms with Crippen LogP contribution >= 0.6 is 0 Å². The molecule has 0 aliphatic rings. The number of carbonyl (C=O) groups excluding carboxylic acids is 2. The lowest BCUT2D eigenvalue weighted by Gasteiger charge is -2.07. The normalized spacial score (nSPS) is 10.7. The molecule has 0 saturated carbocycles. The van der Waals surface area contributed by atoms with Crippen LogP contribution in [0.5, 0.6) is 0 Å². The summed E-state index contributed by atoms with van der Waals surface area (Å²) in [7, 11) is 0. The Morgan fingerprint density at radius 3 is 2.73 bits per heavy atom. The number of anilines is 1. The molecule has 26 heavy (non-hydrogen) atoms. The third kappa shape index (κ3) is 3.69. The predicted molar refractivity (Wildman–Crippen MR) is 89.7 cm³/mol. The number of nitrogens with one attached hydrogen (secondary N) is 2. The van der Waals surface area contributed by atoms with Gasteiger partial charge in [-0.25, -0.2) is 4.79 Å². The van der Waals surface area contributed by atoms with Crippen LogP contribution in [0.4, 0.5) is 10.5 Å². The third-order valence-electron chi connectivity index (χ3n) is 3.55. The number of aromatic nitrogens is 3. The molecule has 0 fully saturated rings. The molecule has 0 spiro atoms. The fourth-order valence-corrected chi connectivity index (χ4v) is 2.44. The lowest BCUT2D eigenvalue weighted by atomic mass is 10.1. The summed E-state index contributed by atoms with van der Waals surface area (Å²) in [5, 5.41) is 22.4. The van der Waals surface area contributed by atoms with E-state index in [2.05, 4.69) is 25.4 Å². The van der Waals surface area contributed by atoms with E-state index in [0.29, 0.717) is 22.3 Å². The second-order valence-corrected chi connectivity index (χ2v) is 5.49. The molecule has 0 unspecified atom stereocenters. The van der Waals surface area contributed by atoms with Crippen molar-refractivity contribution in [3.05, 3.63) is 41.9 Å². The molecule has 0 atom stereocenters. The fourth-order valence-electron chi connectivity index (χ4n) is 2.44. The highest BCUT2D eigenvalue weighted by Crippen LogP contribution is 2.23. The van der Waals surface area contributed by atoms with Crippen molar-refractivity contribution in [2.75, 3.05) is 5.32 Å². The molecular formula is C16H15N5O5. The summed E-state index contributed by atoms with van der Waals surface area (Å²) in [5.74, 6) is -1.37. The van der Waals surface area contributed by atoms with Gasteiger partial charge in [0.15, 0.2) is 5.78 Å². The largest absolute Gasteiger partial charge is 0.480 e. The zero-order valence-electron chi connectivity index (χ0n) is 13.7. The van der Waals surface area contributed by atoms with E-state index < -0.39 is 12.0 Å². The number of carboxylic acid groups (broad SMARTS) is 1. The summed E-state index contributed by atoms with van der Waals surface area (Å²) in [5.41, 5.74) is 1.65. The predicted octanol–water partition coefficient (Wildman–Crippen LogP) is 1.63. The molecule has 3 N–H and O–H groups in total. The molecule has 10 heteroatoms. The van der Waals surface area contributed by atoms with Crippen LogP contribution in [0.3, 0.4) is 0 Å². The molecular weight excluding hydrogens is 342 g/mol. The van der Waals surface area contributed by atoms with Gasteiger partial charge in [0, 0.05) is 24.1 Å². The van der Waals surface area contributed by atoms with Crippen molar-refractivity contribution in [1.29, 1.82) is 0 Å². The number of Topliss-reactive ketones (excluding diaryl/α,β-unsaturated/α-hetero) is 1. The Morgan fingerprint density at radius 1 is 1.27 bits per heavy atom. The number of fused-ring (bicyclic) bond motifs is 1. The lowest BCUT2D eigenvalue weighted by molar-refractivity contribution is -0.137. The van der Waals surface area contributed by atoms with Crippen LogP contribution in [0.25, 0.3) is 10.9 Å². The molecule has 134 valence electrons. The van der Waals surface area contributed by atoms with E-state index in [-0.39, 0.29) is 24.6 Å². The number of hydrogen-bond donors (Lipinski definition) is 3. The van der Waals surface area contributed by atoms with Gasteiger partial charge >= 0.3 is 12.0 Å². The minimum Gasteiger partial charge on any atom is -0.480 e. The molecule has 3 aromatic rings. The van der Waals surface area contributed by atoms with Crippen molar-refractivity contribution in [1.82, 2.24) is 20.3 Å². The highest BCUT2D eigenvalue weighted by atomic mass is 16.5. The highest BCUT2D eigenvalue weighted by Gasteiger charge is 2.16. The second-order valence-electron chi connectivity index (χ2n) is 5.49. The van der Waals surface area contributed by atoms with Gasteiger partial charge in [-0.15, -0.1) is 0 Å². The number of nitrogens with zero attached hydrogens (tertiary/aromatic N) is 3. The van der Waals surface area contributed by atoms with Crippen molar-refractivity contribution >= 4 is 34.4 Å². The van der Waals surface area contributed by atoms with Gasteiger partial charge in [-0.3, -0.25) is 14.3 Å². The Hall–Kier alpha value is -3.69. The average Bonchev–Trinajstić information content (AvgIpc) is 3.20. The molecule has 2 aromatic heterocycles. The minimum atomic E-state index is -1.07. The maximum Gasteiger partial charge on any atom is 0.325 e. The summed E-state index contributed by atoms with van der Waals surface area (Å²) in [6.45, 7) is 1.17. The number of urea groups is 1. The lowest BCUT2D eigenvalue weighted by Crippen LogP contribution is -2.28. The standard InChI is InChI=1S/C16H15N5O5/c1-9(22)15-12-6-10(2-3-13(12)21(19-15)8-14(23)24)18-16(25)17-7-11-4-5-26-20-11/h2-6H,7-8H2,1H3,(H,23,24)(H2,17,18,25). The number of amides is 2. The number of ketones is 1. The van der Waals surface area contributed by atoms with Gasteiger partial charge in [0.25, 0.3) is 0 Å². The second kappa shape index (κ2) is 7.05. The number of rotatable bonds is 6. The summed E-state index contributed by atoms with van der Waals surface area (Å²) >= 11 is 0. The highest BCUT2D eigenvalue weighted by molar-refractivity contribution is 6.06. The molecule has 0 bridgehead atoms. The first-order chi connectivity index (χ1) is 12.4. The quantitative estimate of drug-likeness (QED) is 0.570. The molecule has 3 rings (SSSR count). The van der Waals surface area contributed by atoms with E-state index in [0.717, 1.165) is 0 Å². The van der Waals surface area contributed by atoms with Gasteiger partial charge in [0.2, 0.25) is 0 Å². The summed E-state index contributed by atoms with van der Waals surface area (Å²) < 4.78 is 5.91. The first kappa shape index (κ1) is 17.1. The van der Waals surface area contributed by atoms with Crippen LogP contribution in [0.15, 0.2) is 35.1 Å². The van der Waals surface area contributed by atoms with Crippen molar-refractivity contribution in [3.8, 4) is 0 Å². The molecule has 0 aliphatic carbocycles. The van der Waals surface area contributed by atoms with E-state index in [9.17, 15) is 14.4 Å². The molecule has 0 saturated heterocycles. The summed E-state index contributed by atoms with van der Waals surface area (Å²) in [4.78, 5) is 34.7. The molecule has 2 amide bonds. The fraction of sp³-hybridized carbons (Fsp3) is 0.188. The average molecular weight is 357 g/mol. The number of aliphatic carboxylic acids is 1. The van der Waals surface area contributed by atoms with Crippen molar-refractivity contribution in [2.45, 2.75) is 20.0 Å². The minimum absolute atomic E-state index is 0.146. The first-order valence-corrected chi connectivity index (χ1v) is 7.61. The van der Waals surface area contributed by atoms with Gasteiger partial charge in [0.1, 0.15) is 24.2 Å². The van der Waals surface area contributed by atoms with E-state index in [4.69, 9.17) is 5.11 Å². The molecule has 2 heterocycles. The first-order valence-electron chi connectivity index (χ1n) is 7.61. The number of carboxylic acids is 1. The topological polar surface area (TPSA) is 139 Å². The van der Waals surface area contributed by atoms with Crippen molar-refractivity contribution < 1.29 is 24.0 Å². The van der Waals surface area contributed by atoms with Crippen LogP contribution in [0, 0.1) is 0 Å². The van der Waals surface area contributed by atoms with Crippen LogP contribution in [0.1, 0.15) is 23.1 Å². The van der Waals surface area contributed by atoms with Crippen LogP contribution < -0.4 is 10.6 Å². The van der Waals surface area contributed by atoms with Crippen LogP contribution in [-0.2, 0) is 17.9 Å². The monoisotopic (exact) mass is 357 g/mol. The van der Waals surface area contributed by atoms with E-state index in [1.54, 1.807) is 24.3 Å².